The maximum atomic E-state index is 4.79. The molecule has 3 heterocycles. The summed E-state index contributed by atoms with van der Waals surface area (Å²) in [5.41, 5.74) is 0.129. The Labute approximate surface area is 133 Å². The van der Waals surface area contributed by atoms with Crippen LogP contribution in [0.15, 0.2) is 41.9 Å². The molecule has 0 aliphatic heterocycles. The van der Waals surface area contributed by atoms with Gasteiger partial charge in [-0.15, -0.1) is 16.4 Å². The van der Waals surface area contributed by atoms with Crippen LogP contribution < -0.4 is 0 Å². The summed E-state index contributed by atoms with van der Waals surface area (Å²) >= 11 is 1.80. The number of pyridine rings is 1. The molecule has 112 valence electrons. The topological polar surface area (TPSA) is 43.6 Å². The van der Waals surface area contributed by atoms with Gasteiger partial charge in [0.1, 0.15) is 11.6 Å². The highest BCUT2D eigenvalue weighted by atomic mass is 32.1. The van der Waals surface area contributed by atoms with Gasteiger partial charge in [-0.2, -0.15) is 4.68 Å². The summed E-state index contributed by atoms with van der Waals surface area (Å²) in [4.78, 5) is 10.6. The zero-order valence-electron chi connectivity index (χ0n) is 12.9. The fourth-order valence-corrected chi connectivity index (χ4v) is 4.48. The van der Waals surface area contributed by atoms with E-state index in [0.717, 1.165) is 23.9 Å². The van der Waals surface area contributed by atoms with Gasteiger partial charge in [0.2, 0.25) is 0 Å². The van der Waals surface area contributed by atoms with Gasteiger partial charge in [-0.3, -0.25) is 0 Å². The Balaban J connectivity index is 1.94. The third kappa shape index (κ3) is 1.78. The zero-order chi connectivity index (χ0) is 15.4. The smallest absolute Gasteiger partial charge is 0.155 e. The third-order valence-electron chi connectivity index (χ3n) is 4.64. The number of thiophene rings is 1. The largest absolute Gasteiger partial charge is 0.237 e. The Hall–Kier alpha value is -2.01. The molecule has 1 atom stereocenters. The van der Waals surface area contributed by atoms with Gasteiger partial charge in [0, 0.05) is 11.1 Å². The van der Waals surface area contributed by atoms with Gasteiger partial charge < -0.3 is 0 Å². The van der Waals surface area contributed by atoms with Gasteiger partial charge in [-0.25, -0.2) is 9.97 Å². The first-order valence-corrected chi connectivity index (χ1v) is 8.32. The SMILES string of the molecule is Cc1nc(C2(c3cccs3)CC2(C)C)n(-c2ccccn2)n1. The van der Waals surface area contributed by atoms with E-state index in [1.165, 1.54) is 4.88 Å². The highest BCUT2D eigenvalue weighted by Gasteiger charge is 2.66. The standard InChI is InChI=1S/C17H18N4S/c1-12-19-15(21(20-12)14-8-4-5-9-18-14)17(11-16(17,2)3)13-7-6-10-22-13/h4-10H,11H2,1-3H3. The van der Waals surface area contributed by atoms with Crippen LogP contribution in [-0.2, 0) is 5.41 Å². The first kappa shape index (κ1) is 13.6. The maximum absolute atomic E-state index is 4.79. The molecule has 1 aliphatic carbocycles. The summed E-state index contributed by atoms with van der Waals surface area (Å²) in [5.74, 6) is 2.63. The van der Waals surface area contributed by atoms with Crippen molar-refractivity contribution in [2.75, 3.05) is 0 Å². The van der Waals surface area contributed by atoms with Crippen molar-refractivity contribution >= 4 is 11.3 Å². The van der Waals surface area contributed by atoms with Crippen molar-refractivity contribution in [3.8, 4) is 5.82 Å². The quantitative estimate of drug-likeness (QED) is 0.740. The highest BCUT2D eigenvalue weighted by Crippen LogP contribution is 2.68. The van der Waals surface area contributed by atoms with Crippen LogP contribution in [-0.4, -0.2) is 19.7 Å². The highest BCUT2D eigenvalue weighted by molar-refractivity contribution is 7.10. The van der Waals surface area contributed by atoms with E-state index < -0.39 is 0 Å². The first-order chi connectivity index (χ1) is 10.5. The second kappa shape index (κ2) is 4.49. The molecule has 4 rings (SSSR count). The molecule has 1 unspecified atom stereocenters. The predicted molar refractivity (Wildman–Crippen MR) is 87.4 cm³/mol. The van der Waals surface area contributed by atoms with E-state index in [1.807, 2.05) is 29.8 Å². The van der Waals surface area contributed by atoms with Crippen LogP contribution in [0.25, 0.3) is 5.82 Å². The second-order valence-corrected chi connectivity index (χ2v) is 7.47. The summed E-state index contributed by atoms with van der Waals surface area (Å²) in [7, 11) is 0. The number of aromatic nitrogens is 4. The van der Waals surface area contributed by atoms with Gasteiger partial charge >= 0.3 is 0 Å². The molecule has 1 aliphatic rings. The van der Waals surface area contributed by atoms with E-state index in [-0.39, 0.29) is 10.8 Å². The van der Waals surface area contributed by atoms with Gasteiger partial charge in [-0.1, -0.05) is 26.0 Å². The Bertz CT molecular complexity index is 805. The number of hydrogen-bond acceptors (Lipinski definition) is 4. The Morgan fingerprint density at radius 3 is 2.59 bits per heavy atom. The molecule has 1 saturated carbocycles. The van der Waals surface area contributed by atoms with Crippen LogP contribution >= 0.6 is 11.3 Å². The van der Waals surface area contributed by atoms with Crippen LogP contribution in [0.5, 0.6) is 0 Å². The van der Waals surface area contributed by atoms with Gasteiger partial charge in [0.25, 0.3) is 0 Å². The molecule has 3 aromatic rings. The van der Waals surface area contributed by atoms with E-state index in [0.29, 0.717) is 0 Å². The van der Waals surface area contributed by atoms with Crippen molar-refractivity contribution in [3.05, 3.63) is 58.4 Å². The van der Waals surface area contributed by atoms with E-state index >= 15 is 0 Å². The molecule has 0 amide bonds. The van der Waals surface area contributed by atoms with Crippen molar-refractivity contribution in [1.29, 1.82) is 0 Å². The summed E-state index contributed by atoms with van der Waals surface area (Å²) in [6, 6.07) is 10.2. The van der Waals surface area contributed by atoms with Crippen LogP contribution in [0, 0.1) is 12.3 Å². The van der Waals surface area contributed by atoms with Gasteiger partial charge in [0.15, 0.2) is 5.82 Å². The molecular weight excluding hydrogens is 292 g/mol. The van der Waals surface area contributed by atoms with Crippen molar-refractivity contribution in [1.82, 2.24) is 19.7 Å². The minimum absolute atomic E-state index is 0.0556. The average Bonchev–Trinajstić information content (AvgIpc) is 2.95. The lowest BCUT2D eigenvalue weighted by Gasteiger charge is -2.19. The molecule has 0 radical (unpaired) electrons. The molecule has 3 aromatic heterocycles. The van der Waals surface area contributed by atoms with Crippen LogP contribution in [0.3, 0.4) is 0 Å². The number of aryl methyl sites for hydroxylation is 1. The van der Waals surface area contributed by atoms with Crippen molar-refractivity contribution < 1.29 is 0 Å². The van der Waals surface area contributed by atoms with E-state index in [1.54, 1.807) is 17.5 Å². The normalized spacial score (nSPS) is 22.7. The number of nitrogens with zero attached hydrogens (tertiary/aromatic N) is 4. The Morgan fingerprint density at radius 1 is 1.18 bits per heavy atom. The minimum atomic E-state index is -0.0556. The molecule has 0 aromatic carbocycles. The zero-order valence-corrected chi connectivity index (χ0v) is 13.8. The van der Waals surface area contributed by atoms with E-state index in [4.69, 9.17) is 4.98 Å². The van der Waals surface area contributed by atoms with Crippen molar-refractivity contribution in [2.24, 2.45) is 5.41 Å². The molecule has 5 heteroatoms. The van der Waals surface area contributed by atoms with Crippen LogP contribution in [0.1, 0.15) is 36.8 Å². The lowest BCUT2D eigenvalue weighted by atomic mass is 9.93. The fraction of sp³-hybridized carbons (Fsp3) is 0.353. The van der Waals surface area contributed by atoms with Crippen LogP contribution in [0.4, 0.5) is 0 Å². The second-order valence-electron chi connectivity index (χ2n) is 6.53. The lowest BCUT2D eigenvalue weighted by Crippen LogP contribution is -2.21. The fourth-order valence-electron chi connectivity index (χ4n) is 3.38. The van der Waals surface area contributed by atoms with Gasteiger partial charge in [-0.05, 0) is 42.3 Å². The van der Waals surface area contributed by atoms with Gasteiger partial charge in [0.05, 0.1) is 5.41 Å². The molecule has 0 saturated heterocycles. The molecule has 0 N–H and O–H groups in total. The molecule has 1 fully saturated rings. The molecule has 0 spiro atoms. The van der Waals surface area contributed by atoms with Crippen LogP contribution in [0.2, 0.25) is 0 Å². The average molecular weight is 310 g/mol. The molecule has 4 nitrogen and oxygen atoms in total. The summed E-state index contributed by atoms with van der Waals surface area (Å²) in [6.45, 7) is 6.55. The molecule has 0 bridgehead atoms. The summed E-state index contributed by atoms with van der Waals surface area (Å²) < 4.78 is 1.92. The minimum Gasteiger partial charge on any atom is -0.237 e. The third-order valence-corrected chi connectivity index (χ3v) is 5.67. The Morgan fingerprint density at radius 2 is 2.00 bits per heavy atom. The molecular formula is C17H18N4S. The maximum Gasteiger partial charge on any atom is 0.155 e. The van der Waals surface area contributed by atoms with Crippen molar-refractivity contribution in [2.45, 2.75) is 32.6 Å². The van der Waals surface area contributed by atoms with E-state index in [9.17, 15) is 0 Å². The number of hydrogen-bond donors (Lipinski definition) is 0. The first-order valence-electron chi connectivity index (χ1n) is 7.44. The summed E-state index contributed by atoms with van der Waals surface area (Å²) in [6.07, 6.45) is 2.89. The number of rotatable bonds is 3. The monoisotopic (exact) mass is 310 g/mol. The lowest BCUT2D eigenvalue weighted by molar-refractivity contribution is 0.526. The summed E-state index contributed by atoms with van der Waals surface area (Å²) in [5, 5.41) is 6.75. The predicted octanol–water partition coefficient (Wildman–Crippen LogP) is 3.75. The van der Waals surface area contributed by atoms with Crippen molar-refractivity contribution in [3.63, 3.8) is 0 Å². The Kier molecular flexibility index (Phi) is 2.78. The molecule has 22 heavy (non-hydrogen) atoms. The van der Waals surface area contributed by atoms with E-state index in [2.05, 4.69) is 41.4 Å².